The monoisotopic (exact) mass is 402 g/mol. The number of nitriles is 1. The molecular formula is C23H15ClN2O3. The Labute approximate surface area is 172 Å². The molecule has 0 spiro atoms. The second-order valence-electron chi connectivity index (χ2n) is 5.96. The Morgan fingerprint density at radius 1 is 0.966 bits per heavy atom. The molecule has 29 heavy (non-hydrogen) atoms. The minimum Gasteiger partial charge on any atom is -0.423 e. The van der Waals surface area contributed by atoms with Crippen LogP contribution in [0.15, 0.2) is 84.4 Å². The quantitative estimate of drug-likeness (QED) is 0.278. The fraction of sp³-hybridized carbons (Fsp3) is 0. The molecule has 3 rings (SSSR count). The van der Waals surface area contributed by atoms with Gasteiger partial charge in [-0.2, -0.15) is 5.26 Å². The molecule has 0 bridgehead atoms. The standard InChI is InChI=1S/C23H15ClN2O3/c24-19-7-4-8-20(14-19)26-22(27)18(15-25)13-16-9-11-21(12-10-16)29-23(28)17-5-2-1-3-6-17/h1-14H,(H,26,27)/b18-13+. The second kappa shape index (κ2) is 9.36. The predicted octanol–water partition coefficient (Wildman–Crippen LogP) is 5.10. The van der Waals surface area contributed by atoms with E-state index in [0.717, 1.165) is 0 Å². The first-order chi connectivity index (χ1) is 14.0. The number of nitrogens with zero attached hydrogens (tertiary/aromatic N) is 1. The lowest BCUT2D eigenvalue weighted by molar-refractivity contribution is -0.112. The van der Waals surface area contributed by atoms with E-state index < -0.39 is 11.9 Å². The Morgan fingerprint density at radius 3 is 2.34 bits per heavy atom. The number of nitrogens with one attached hydrogen (secondary N) is 1. The van der Waals surface area contributed by atoms with Crippen molar-refractivity contribution in [1.29, 1.82) is 5.26 Å². The van der Waals surface area contributed by atoms with Gasteiger partial charge in [0.25, 0.3) is 5.91 Å². The van der Waals surface area contributed by atoms with Crippen LogP contribution in [0.4, 0.5) is 5.69 Å². The fourth-order valence-corrected chi connectivity index (χ4v) is 2.64. The van der Waals surface area contributed by atoms with Gasteiger partial charge in [-0.05, 0) is 54.1 Å². The second-order valence-corrected chi connectivity index (χ2v) is 6.40. The lowest BCUT2D eigenvalue weighted by Crippen LogP contribution is -2.13. The first-order valence-electron chi connectivity index (χ1n) is 8.61. The lowest BCUT2D eigenvalue weighted by Gasteiger charge is -2.06. The normalized spacial score (nSPS) is 10.7. The first-order valence-corrected chi connectivity index (χ1v) is 8.99. The summed E-state index contributed by atoms with van der Waals surface area (Å²) in [6.45, 7) is 0. The maximum atomic E-state index is 12.3. The number of benzene rings is 3. The molecule has 0 saturated heterocycles. The van der Waals surface area contributed by atoms with Crippen molar-refractivity contribution in [3.8, 4) is 11.8 Å². The highest BCUT2D eigenvalue weighted by molar-refractivity contribution is 6.31. The van der Waals surface area contributed by atoms with Crippen molar-refractivity contribution < 1.29 is 14.3 Å². The predicted molar refractivity (Wildman–Crippen MR) is 112 cm³/mol. The van der Waals surface area contributed by atoms with E-state index in [4.69, 9.17) is 16.3 Å². The molecule has 0 heterocycles. The number of hydrogen-bond acceptors (Lipinski definition) is 4. The Bertz CT molecular complexity index is 1100. The molecular weight excluding hydrogens is 388 g/mol. The van der Waals surface area contributed by atoms with E-state index in [9.17, 15) is 14.9 Å². The van der Waals surface area contributed by atoms with Crippen molar-refractivity contribution in [2.75, 3.05) is 5.32 Å². The molecule has 0 fully saturated rings. The van der Waals surface area contributed by atoms with Gasteiger partial charge in [-0.3, -0.25) is 4.79 Å². The molecule has 0 aliphatic carbocycles. The van der Waals surface area contributed by atoms with Crippen LogP contribution < -0.4 is 10.1 Å². The van der Waals surface area contributed by atoms with Crippen LogP contribution in [0.5, 0.6) is 5.75 Å². The third-order valence-electron chi connectivity index (χ3n) is 3.86. The van der Waals surface area contributed by atoms with Crippen LogP contribution in [0, 0.1) is 11.3 Å². The Morgan fingerprint density at radius 2 is 1.69 bits per heavy atom. The number of amides is 1. The van der Waals surface area contributed by atoms with Crippen LogP contribution >= 0.6 is 11.6 Å². The molecule has 142 valence electrons. The molecule has 3 aromatic rings. The van der Waals surface area contributed by atoms with Gasteiger partial charge in [-0.15, -0.1) is 0 Å². The van der Waals surface area contributed by atoms with Crippen molar-refractivity contribution in [3.05, 3.63) is 101 Å². The van der Waals surface area contributed by atoms with E-state index in [1.165, 1.54) is 6.08 Å². The number of ether oxygens (including phenoxy) is 1. The van der Waals surface area contributed by atoms with Gasteiger partial charge < -0.3 is 10.1 Å². The van der Waals surface area contributed by atoms with Gasteiger partial charge in [-0.1, -0.05) is 48.0 Å². The largest absolute Gasteiger partial charge is 0.423 e. The summed E-state index contributed by atoms with van der Waals surface area (Å²) >= 11 is 5.89. The summed E-state index contributed by atoms with van der Waals surface area (Å²) in [6.07, 6.45) is 1.45. The summed E-state index contributed by atoms with van der Waals surface area (Å²) in [5.74, 6) is -0.653. The number of halogens is 1. The van der Waals surface area contributed by atoms with E-state index in [2.05, 4.69) is 5.32 Å². The average molecular weight is 403 g/mol. The Balaban J connectivity index is 1.69. The Kier molecular flexibility index (Phi) is 6.41. The SMILES string of the molecule is N#C/C(=C\c1ccc(OC(=O)c2ccccc2)cc1)C(=O)Nc1cccc(Cl)c1. The zero-order valence-electron chi connectivity index (χ0n) is 15.1. The number of esters is 1. The summed E-state index contributed by atoms with van der Waals surface area (Å²) in [7, 11) is 0. The highest BCUT2D eigenvalue weighted by atomic mass is 35.5. The van der Waals surface area contributed by atoms with Gasteiger partial charge in [0, 0.05) is 10.7 Å². The van der Waals surface area contributed by atoms with Crippen LogP contribution in [0.3, 0.4) is 0 Å². The van der Waals surface area contributed by atoms with Crippen molar-refractivity contribution in [1.82, 2.24) is 0 Å². The third-order valence-corrected chi connectivity index (χ3v) is 4.09. The highest BCUT2D eigenvalue weighted by Gasteiger charge is 2.11. The maximum Gasteiger partial charge on any atom is 0.343 e. The summed E-state index contributed by atoms with van der Waals surface area (Å²) in [6, 6.07) is 23.7. The van der Waals surface area contributed by atoms with E-state index in [-0.39, 0.29) is 5.57 Å². The zero-order chi connectivity index (χ0) is 20.6. The first kappa shape index (κ1) is 19.9. The molecule has 1 amide bonds. The summed E-state index contributed by atoms with van der Waals surface area (Å²) in [5.41, 5.74) is 1.48. The molecule has 0 aliphatic heterocycles. The number of carbonyl (C=O) groups is 2. The number of rotatable bonds is 5. The van der Waals surface area contributed by atoms with Crippen LogP contribution in [0.2, 0.25) is 5.02 Å². The third kappa shape index (κ3) is 5.55. The highest BCUT2D eigenvalue weighted by Crippen LogP contribution is 2.18. The summed E-state index contributed by atoms with van der Waals surface area (Å²) < 4.78 is 5.31. The molecule has 1 N–H and O–H groups in total. The molecule has 3 aromatic carbocycles. The van der Waals surface area contributed by atoms with E-state index >= 15 is 0 Å². The molecule has 0 aromatic heterocycles. The van der Waals surface area contributed by atoms with Crippen molar-refractivity contribution in [3.63, 3.8) is 0 Å². The fourth-order valence-electron chi connectivity index (χ4n) is 2.45. The number of carbonyl (C=O) groups excluding carboxylic acids is 2. The molecule has 0 aliphatic rings. The lowest BCUT2D eigenvalue weighted by atomic mass is 10.1. The minimum absolute atomic E-state index is 0.0704. The van der Waals surface area contributed by atoms with Crippen LogP contribution in [0.1, 0.15) is 15.9 Å². The Hall–Kier alpha value is -3.88. The van der Waals surface area contributed by atoms with Crippen molar-refractivity contribution >= 4 is 35.2 Å². The maximum absolute atomic E-state index is 12.3. The smallest absolute Gasteiger partial charge is 0.343 e. The van der Waals surface area contributed by atoms with Crippen LogP contribution in [-0.2, 0) is 4.79 Å². The zero-order valence-corrected chi connectivity index (χ0v) is 15.9. The minimum atomic E-state index is -0.547. The van der Waals surface area contributed by atoms with Gasteiger partial charge in [0.1, 0.15) is 17.4 Å². The number of anilines is 1. The van der Waals surface area contributed by atoms with Crippen molar-refractivity contribution in [2.24, 2.45) is 0 Å². The van der Waals surface area contributed by atoms with Gasteiger partial charge >= 0.3 is 5.97 Å². The molecule has 0 saturated carbocycles. The van der Waals surface area contributed by atoms with E-state index in [1.54, 1.807) is 72.8 Å². The van der Waals surface area contributed by atoms with E-state index in [1.807, 2.05) is 12.1 Å². The summed E-state index contributed by atoms with van der Waals surface area (Å²) in [5, 5.41) is 12.4. The average Bonchev–Trinajstić information content (AvgIpc) is 2.73. The van der Waals surface area contributed by atoms with Gasteiger partial charge in [0.2, 0.25) is 0 Å². The molecule has 5 nitrogen and oxygen atoms in total. The molecule has 6 heteroatoms. The van der Waals surface area contributed by atoms with Crippen molar-refractivity contribution in [2.45, 2.75) is 0 Å². The number of hydrogen-bond donors (Lipinski definition) is 1. The molecule has 0 unspecified atom stereocenters. The topological polar surface area (TPSA) is 79.2 Å². The summed E-state index contributed by atoms with van der Waals surface area (Å²) in [4.78, 5) is 24.4. The van der Waals surface area contributed by atoms with Crippen LogP contribution in [0.25, 0.3) is 6.08 Å². The van der Waals surface area contributed by atoms with Crippen LogP contribution in [-0.4, -0.2) is 11.9 Å². The van der Waals surface area contributed by atoms with Gasteiger partial charge in [0.15, 0.2) is 0 Å². The molecule has 0 atom stereocenters. The van der Waals surface area contributed by atoms with Gasteiger partial charge in [-0.25, -0.2) is 4.79 Å². The molecule has 0 radical (unpaired) electrons. The van der Waals surface area contributed by atoms with Gasteiger partial charge in [0.05, 0.1) is 5.56 Å². The van der Waals surface area contributed by atoms with E-state index in [0.29, 0.717) is 27.6 Å².